The fourth-order valence-corrected chi connectivity index (χ4v) is 5.43. The smallest absolute Gasteiger partial charge is 0.290 e. The van der Waals surface area contributed by atoms with Crippen molar-refractivity contribution in [2.24, 2.45) is 5.92 Å². The summed E-state index contributed by atoms with van der Waals surface area (Å²) in [7, 11) is 0. The number of nitrogens with zero attached hydrogens (tertiary/aromatic N) is 4. The molecule has 5 heterocycles. The van der Waals surface area contributed by atoms with Gasteiger partial charge in [0.15, 0.2) is 0 Å². The average molecular weight is 453 g/mol. The molecule has 9 heteroatoms. The monoisotopic (exact) mass is 452 g/mol. The summed E-state index contributed by atoms with van der Waals surface area (Å²) in [4.78, 5) is 41.0. The highest BCUT2D eigenvalue weighted by Crippen LogP contribution is 2.43. The zero-order valence-corrected chi connectivity index (χ0v) is 19.0. The lowest BCUT2D eigenvalue weighted by molar-refractivity contribution is -0.122. The SMILES string of the molecule is CCC[C@H]1[C@H]2C[C@H](CN(C(=O)c3cc(C)nc4onc(C)c34)C2)c2cccc(=O)n21.O=CO. The quantitative estimate of drug-likeness (QED) is 0.606. The summed E-state index contributed by atoms with van der Waals surface area (Å²) in [6, 6.07) is 7.52. The fraction of sp³-hybridized carbons (Fsp3) is 0.458. The van der Waals surface area contributed by atoms with Crippen LogP contribution in [0.5, 0.6) is 0 Å². The van der Waals surface area contributed by atoms with Crippen LogP contribution in [0.25, 0.3) is 11.1 Å². The van der Waals surface area contributed by atoms with E-state index in [9.17, 15) is 9.59 Å². The van der Waals surface area contributed by atoms with Crippen molar-refractivity contribution in [3.05, 3.63) is 57.3 Å². The number of aryl methyl sites for hydroxylation is 2. The minimum Gasteiger partial charge on any atom is -0.483 e. The van der Waals surface area contributed by atoms with E-state index in [0.717, 1.165) is 30.7 Å². The molecule has 1 amide bonds. The standard InChI is InChI=1S/C23H26N4O3.CH2O2/c1-4-6-18-15-10-16(19-7-5-8-20(28)27(18)19)12-26(11-15)23(29)17-9-13(2)24-22-21(17)14(3)25-30-22;2-1-3/h5,7-9,15-16,18H,4,6,10-12H2,1-3H3;1H,(H,2,3)/t15-,16+,18-;/m0./s1. The van der Waals surface area contributed by atoms with E-state index in [2.05, 4.69) is 23.1 Å². The molecule has 0 unspecified atom stereocenters. The van der Waals surface area contributed by atoms with Crippen molar-refractivity contribution in [1.82, 2.24) is 19.6 Å². The largest absolute Gasteiger partial charge is 0.483 e. The molecule has 3 aromatic rings. The molecule has 0 aromatic carbocycles. The van der Waals surface area contributed by atoms with Crippen LogP contribution >= 0.6 is 0 Å². The van der Waals surface area contributed by atoms with Gasteiger partial charge in [0.2, 0.25) is 0 Å². The van der Waals surface area contributed by atoms with Crippen LogP contribution in [0.4, 0.5) is 0 Å². The van der Waals surface area contributed by atoms with Gasteiger partial charge in [-0.15, -0.1) is 0 Å². The molecule has 0 aliphatic carbocycles. The van der Waals surface area contributed by atoms with Crippen molar-refractivity contribution < 1.29 is 19.2 Å². The minimum absolute atomic E-state index is 0.00604. The maximum Gasteiger partial charge on any atom is 0.290 e. The molecule has 3 aromatic heterocycles. The number of fused-ring (bicyclic) bond motifs is 5. The van der Waals surface area contributed by atoms with Gasteiger partial charge in [-0.2, -0.15) is 0 Å². The Hall–Kier alpha value is -3.49. The van der Waals surface area contributed by atoms with Crippen LogP contribution in [0.15, 0.2) is 33.6 Å². The van der Waals surface area contributed by atoms with Gasteiger partial charge < -0.3 is 19.1 Å². The number of hydrogen-bond acceptors (Lipinski definition) is 6. The third-order valence-electron chi connectivity index (χ3n) is 6.65. The second-order valence-electron chi connectivity index (χ2n) is 8.78. The van der Waals surface area contributed by atoms with Crippen LogP contribution < -0.4 is 5.56 Å². The molecule has 1 fully saturated rings. The van der Waals surface area contributed by atoms with Crippen molar-refractivity contribution in [1.29, 1.82) is 0 Å². The predicted octanol–water partition coefficient (Wildman–Crippen LogP) is 3.30. The molecule has 0 saturated carbocycles. The predicted molar refractivity (Wildman–Crippen MR) is 121 cm³/mol. The number of rotatable bonds is 3. The molecule has 1 N–H and O–H groups in total. The molecule has 3 atom stereocenters. The fourth-order valence-electron chi connectivity index (χ4n) is 5.43. The van der Waals surface area contributed by atoms with E-state index in [4.69, 9.17) is 14.4 Å². The topological polar surface area (TPSA) is 119 Å². The van der Waals surface area contributed by atoms with Gasteiger partial charge in [0, 0.05) is 42.5 Å². The molecule has 9 nitrogen and oxygen atoms in total. The first-order valence-electron chi connectivity index (χ1n) is 11.2. The van der Waals surface area contributed by atoms with Gasteiger partial charge in [0.25, 0.3) is 23.7 Å². The van der Waals surface area contributed by atoms with E-state index in [1.165, 1.54) is 0 Å². The zero-order chi connectivity index (χ0) is 23.7. The molecule has 33 heavy (non-hydrogen) atoms. The van der Waals surface area contributed by atoms with Crippen molar-refractivity contribution >= 4 is 23.5 Å². The number of likely N-dealkylation sites (tertiary alicyclic amines) is 1. The summed E-state index contributed by atoms with van der Waals surface area (Å²) >= 11 is 0. The van der Waals surface area contributed by atoms with Gasteiger partial charge in [-0.05, 0) is 44.7 Å². The molecule has 5 rings (SSSR count). The van der Waals surface area contributed by atoms with E-state index in [1.807, 2.05) is 35.4 Å². The summed E-state index contributed by atoms with van der Waals surface area (Å²) in [6.07, 6.45) is 2.97. The Bertz CT molecular complexity index is 1250. The Kier molecular flexibility index (Phi) is 6.31. The lowest BCUT2D eigenvalue weighted by Crippen LogP contribution is -2.51. The Morgan fingerprint density at radius 1 is 1.30 bits per heavy atom. The molecule has 2 aliphatic rings. The van der Waals surface area contributed by atoms with Crippen LogP contribution in [0.2, 0.25) is 0 Å². The summed E-state index contributed by atoms with van der Waals surface area (Å²) in [5.74, 6) is 0.451. The van der Waals surface area contributed by atoms with Crippen LogP contribution in [-0.2, 0) is 4.79 Å². The van der Waals surface area contributed by atoms with Crippen molar-refractivity contribution in [3.63, 3.8) is 0 Å². The third kappa shape index (κ3) is 4.03. The third-order valence-corrected chi connectivity index (χ3v) is 6.65. The van der Waals surface area contributed by atoms with Crippen LogP contribution in [-0.4, -0.2) is 50.2 Å². The number of hydrogen-bond donors (Lipinski definition) is 1. The van der Waals surface area contributed by atoms with Gasteiger partial charge in [-0.3, -0.25) is 14.4 Å². The van der Waals surface area contributed by atoms with Crippen LogP contribution in [0.1, 0.15) is 65.6 Å². The van der Waals surface area contributed by atoms with Gasteiger partial charge >= 0.3 is 0 Å². The number of carboxylic acid groups (broad SMARTS) is 1. The Morgan fingerprint density at radius 3 is 2.79 bits per heavy atom. The molecule has 0 spiro atoms. The van der Waals surface area contributed by atoms with E-state index >= 15 is 0 Å². The lowest BCUT2D eigenvalue weighted by atomic mass is 9.77. The number of aromatic nitrogens is 3. The number of carbonyl (C=O) groups is 2. The molecule has 1 saturated heterocycles. The lowest BCUT2D eigenvalue weighted by Gasteiger charge is -2.47. The second-order valence-corrected chi connectivity index (χ2v) is 8.78. The summed E-state index contributed by atoms with van der Waals surface area (Å²) in [6.45, 7) is 6.87. The van der Waals surface area contributed by atoms with Crippen LogP contribution in [0, 0.1) is 19.8 Å². The van der Waals surface area contributed by atoms with Crippen molar-refractivity contribution in [3.8, 4) is 0 Å². The Balaban J connectivity index is 0.000000821. The summed E-state index contributed by atoms with van der Waals surface area (Å²) < 4.78 is 7.32. The first-order chi connectivity index (χ1) is 15.9. The normalized spacial score (nSPS) is 21.2. The van der Waals surface area contributed by atoms with E-state index in [-0.39, 0.29) is 35.8 Å². The maximum absolute atomic E-state index is 13.7. The molecule has 2 bridgehead atoms. The molecular formula is C24H28N4O5. The Labute approximate surface area is 191 Å². The second kappa shape index (κ2) is 9.17. The van der Waals surface area contributed by atoms with Crippen LogP contribution in [0.3, 0.4) is 0 Å². The van der Waals surface area contributed by atoms with Gasteiger partial charge in [0.05, 0.1) is 16.6 Å². The highest BCUT2D eigenvalue weighted by atomic mass is 16.5. The van der Waals surface area contributed by atoms with Crippen molar-refractivity contribution in [2.75, 3.05) is 13.1 Å². The molecular weight excluding hydrogens is 424 g/mol. The van der Waals surface area contributed by atoms with E-state index < -0.39 is 0 Å². The minimum atomic E-state index is -0.250. The van der Waals surface area contributed by atoms with Crippen molar-refractivity contribution in [2.45, 2.75) is 52.0 Å². The first-order valence-corrected chi connectivity index (χ1v) is 11.2. The molecule has 2 aliphatic heterocycles. The first kappa shape index (κ1) is 22.7. The zero-order valence-electron chi connectivity index (χ0n) is 19.0. The average Bonchev–Trinajstić information content (AvgIpc) is 3.16. The summed E-state index contributed by atoms with van der Waals surface area (Å²) in [5.41, 5.74) is 3.57. The number of carbonyl (C=O) groups excluding carboxylic acids is 1. The van der Waals surface area contributed by atoms with Gasteiger partial charge in [-0.1, -0.05) is 24.6 Å². The molecule has 174 valence electrons. The van der Waals surface area contributed by atoms with Gasteiger partial charge in [-0.25, -0.2) is 4.98 Å². The number of amides is 1. The summed E-state index contributed by atoms with van der Waals surface area (Å²) in [5, 5.41) is 11.6. The van der Waals surface area contributed by atoms with E-state index in [1.54, 1.807) is 6.07 Å². The maximum atomic E-state index is 13.7. The van der Waals surface area contributed by atoms with E-state index in [0.29, 0.717) is 35.4 Å². The highest BCUT2D eigenvalue weighted by molar-refractivity contribution is 6.06. The Morgan fingerprint density at radius 2 is 2.06 bits per heavy atom. The van der Waals surface area contributed by atoms with Gasteiger partial charge in [0.1, 0.15) is 0 Å². The number of pyridine rings is 2. The molecule has 0 radical (unpaired) electrons. The highest BCUT2D eigenvalue weighted by Gasteiger charge is 2.41. The number of piperidine rings is 1.